The number of hydrogen-bond donors (Lipinski definition) is 1. The summed E-state index contributed by atoms with van der Waals surface area (Å²) in [6, 6.07) is 5.55. The third kappa shape index (κ3) is 2.52. The third-order valence-corrected chi connectivity index (χ3v) is 2.10. The molecular weight excluding hydrogens is 202 g/mol. The van der Waals surface area contributed by atoms with Crippen molar-refractivity contribution in [2.75, 3.05) is 0 Å². The van der Waals surface area contributed by atoms with E-state index in [9.17, 15) is 13.6 Å². The molecule has 0 aliphatic heterocycles. The summed E-state index contributed by atoms with van der Waals surface area (Å²) in [5.74, 6) is -5.92. The molecule has 0 aliphatic rings. The molecule has 1 aromatic rings. The molecule has 1 aromatic carbocycles. The molecule has 0 radical (unpaired) electrons. The van der Waals surface area contributed by atoms with Gasteiger partial charge in [0.1, 0.15) is 0 Å². The Balaban J connectivity index is 3.04. The Morgan fingerprint density at radius 3 is 2.67 bits per heavy atom. The molecule has 0 spiro atoms. The first kappa shape index (κ1) is 11.6. The van der Waals surface area contributed by atoms with Gasteiger partial charge >= 0.3 is 11.9 Å². The molecule has 0 aromatic heterocycles. The summed E-state index contributed by atoms with van der Waals surface area (Å²) < 4.78 is 26.2. The number of carboxylic acid groups (broad SMARTS) is 1. The number of aliphatic carboxylic acids is 1. The molecule has 4 heteroatoms. The Morgan fingerprint density at radius 1 is 1.47 bits per heavy atom. The van der Waals surface area contributed by atoms with Crippen molar-refractivity contribution in [3.05, 3.63) is 35.4 Å². The van der Waals surface area contributed by atoms with E-state index in [1.807, 2.05) is 6.92 Å². The van der Waals surface area contributed by atoms with Crippen molar-refractivity contribution in [3.63, 3.8) is 0 Å². The topological polar surface area (TPSA) is 37.3 Å². The van der Waals surface area contributed by atoms with E-state index in [4.69, 9.17) is 5.11 Å². The lowest BCUT2D eigenvalue weighted by atomic mass is 10.0. The fourth-order valence-corrected chi connectivity index (χ4v) is 1.33. The predicted octanol–water partition coefficient (Wildman–Crippen LogP) is 2.82. The van der Waals surface area contributed by atoms with Gasteiger partial charge in [-0.2, -0.15) is 8.78 Å². The lowest BCUT2D eigenvalue weighted by molar-refractivity contribution is -0.166. The molecule has 0 bridgehead atoms. The molecular formula is C11H12F2O2. The molecule has 2 nitrogen and oxygen atoms in total. The van der Waals surface area contributed by atoms with Gasteiger partial charge in [-0.15, -0.1) is 0 Å². The highest BCUT2D eigenvalue weighted by atomic mass is 19.3. The van der Waals surface area contributed by atoms with Crippen molar-refractivity contribution in [1.29, 1.82) is 0 Å². The maximum Gasteiger partial charge on any atom is 0.379 e. The number of rotatable bonds is 4. The maximum atomic E-state index is 13.1. The zero-order chi connectivity index (χ0) is 11.5. The summed E-state index contributed by atoms with van der Waals surface area (Å²) in [7, 11) is 0. The highest BCUT2D eigenvalue weighted by Gasteiger charge is 2.40. The highest BCUT2D eigenvalue weighted by molar-refractivity contribution is 5.77. The van der Waals surface area contributed by atoms with E-state index in [2.05, 4.69) is 0 Å². The van der Waals surface area contributed by atoms with Crippen molar-refractivity contribution in [2.45, 2.75) is 25.7 Å². The molecule has 0 heterocycles. The van der Waals surface area contributed by atoms with E-state index in [0.717, 1.165) is 18.1 Å². The predicted molar refractivity (Wildman–Crippen MR) is 52.0 cm³/mol. The minimum atomic E-state index is -3.80. The summed E-state index contributed by atoms with van der Waals surface area (Å²) in [6.07, 6.45) is 1.51. The van der Waals surface area contributed by atoms with Crippen molar-refractivity contribution in [2.24, 2.45) is 0 Å². The molecule has 0 atom stereocenters. The molecule has 0 fully saturated rings. The van der Waals surface area contributed by atoms with Crippen LogP contribution in [0.4, 0.5) is 8.78 Å². The molecule has 0 aliphatic carbocycles. The normalized spacial score (nSPS) is 11.4. The standard InChI is InChI=1S/C11H12F2O2/c1-2-4-8-5-3-6-9(7-8)11(12,13)10(14)15/h3,5-7H,2,4H2,1H3,(H,14,15). The molecule has 82 valence electrons. The van der Waals surface area contributed by atoms with Gasteiger partial charge in [0.25, 0.3) is 0 Å². The van der Waals surface area contributed by atoms with E-state index >= 15 is 0 Å². The van der Waals surface area contributed by atoms with E-state index in [0.29, 0.717) is 6.42 Å². The minimum Gasteiger partial charge on any atom is -0.477 e. The summed E-state index contributed by atoms with van der Waals surface area (Å²) in [4.78, 5) is 10.3. The second-order valence-corrected chi connectivity index (χ2v) is 3.33. The van der Waals surface area contributed by atoms with Crippen LogP contribution < -0.4 is 0 Å². The number of carbonyl (C=O) groups is 1. The second-order valence-electron chi connectivity index (χ2n) is 3.33. The van der Waals surface area contributed by atoms with Crippen LogP contribution >= 0.6 is 0 Å². The van der Waals surface area contributed by atoms with Crippen molar-refractivity contribution in [1.82, 2.24) is 0 Å². The Labute approximate surface area is 86.5 Å². The van der Waals surface area contributed by atoms with Crippen LogP contribution in [0.5, 0.6) is 0 Å². The van der Waals surface area contributed by atoms with Crippen molar-refractivity contribution >= 4 is 5.97 Å². The van der Waals surface area contributed by atoms with Gasteiger partial charge in [-0.25, -0.2) is 4.79 Å². The van der Waals surface area contributed by atoms with Gasteiger partial charge in [-0.1, -0.05) is 31.5 Å². The van der Waals surface area contributed by atoms with Crippen LogP contribution in [-0.2, 0) is 17.1 Å². The minimum absolute atomic E-state index is 0.457. The first-order valence-corrected chi connectivity index (χ1v) is 4.69. The van der Waals surface area contributed by atoms with Crippen LogP contribution in [0.15, 0.2) is 24.3 Å². The lowest BCUT2D eigenvalue weighted by Gasteiger charge is -2.12. The molecule has 0 unspecified atom stereocenters. The van der Waals surface area contributed by atoms with Crippen LogP contribution in [-0.4, -0.2) is 11.1 Å². The number of aryl methyl sites for hydroxylation is 1. The van der Waals surface area contributed by atoms with Gasteiger partial charge < -0.3 is 5.11 Å². The molecule has 1 rings (SSSR count). The van der Waals surface area contributed by atoms with Gasteiger partial charge in [0, 0.05) is 5.56 Å². The molecule has 0 saturated heterocycles. The average Bonchev–Trinajstić information content (AvgIpc) is 2.18. The van der Waals surface area contributed by atoms with Crippen LogP contribution in [0.3, 0.4) is 0 Å². The average molecular weight is 214 g/mol. The number of hydrogen-bond acceptors (Lipinski definition) is 1. The fourth-order valence-electron chi connectivity index (χ4n) is 1.33. The Morgan fingerprint density at radius 2 is 2.13 bits per heavy atom. The van der Waals surface area contributed by atoms with Gasteiger partial charge in [0.2, 0.25) is 0 Å². The van der Waals surface area contributed by atoms with E-state index in [-0.39, 0.29) is 0 Å². The van der Waals surface area contributed by atoms with Crippen molar-refractivity contribution in [3.8, 4) is 0 Å². The Hall–Kier alpha value is -1.45. The first-order chi connectivity index (χ1) is 6.98. The van der Waals surface area contributed by atoms with Gasteiger partial charge in [-0.3, -0.25) is 0 Å². The van der Waals surface area contributed by atoms with E-state index < -0.39 is 17.5 Å². The molecule has 15 heavy (non-hydrogen) atoms. The number of alkyl halides is 2. The quantitative estimate of drug-likeness (QED) is 0.836. The van der Waals surface area contributed by atoms with Gasteiger partial charge in [0.05, 0.1) is 0 Å². The largest absolute Gasteiger partial charge is 0.477 e. The molecule has 0 amide bonds. The first-order valence-electron chi connectivity index (χ1n) is 4.69. The van der Waals surface area contributed by atoms with Crippen LogP contribution in [0, 0.1) is 0 Å². The summed E-state index contributed by atoms with van der Waals surface area (Å²) >= 11 is 0. The second kappa shape index (κ2) is 4.38. The number of benzene rings is 1. The lowest BCUT2D eigenvalue weighted by Crippen LogP contribution is -2.25. The third-order valence-electron chi connectivity index (χ3n) is 2.10. The summed E-state index contributed by atoms with van der Waals surface area (Å²) in [5.41, 5.74) is 0.275. The monoisotopic (exact) mass is 214 g/mol. The van der Waals surface area contributed by atoms with Gasteiger partial charge in [0.15, 0.2) is 0 Å². The Kier molecular flexibility index (Phi) is 3.39. The summed E-state index contributed by atoms with van der Waals surface area (Å²) in [6.45, 7) is 1.93. The number of halogens is 2. The maximum absolute atomic E-state index is 13.1. The molecule has 1 N–H and O–H groups in total. The smallest absolute Gasteiger partial charge is 0.379 e. The summed E-state index contributed by atoms with van der Waals surface area (Å²) in [5, 5.41) is 8.37. The fraction of sp³-hybridized carbons (Fsp3) is 0.364. The van der Waals surface area contributed by atoms with Crippen molar-refractivity contribution < 1.29 is 18.7 Å². The van der Waals surface area contributed by atoms with Crippen LogP contribution in [0.2, 0.25) is 0 Å². The zero-order valence-electron chi connectivity index (χ0n) is 8.34. The SMILES string of the molecule is CCCc1cccc(C(F)(F)C(=O)O)c1. The molecule has 0 saturated carbocycles. The van der Waals surface area contributed by atoms with E-state index in [1.165, 1.54) is 12.1 Å². The van der Waals surface area contributed by atoms with Crippen LogP contribution in [0.25, 0.3) is 0 Å². The van der Waals surface area contributed by atoms with Crippen LogP contribution in [0.1, 0.15) is 24.5 Å². The number of carboxylic acids is 1. The van der Waals surface area contributed by atoms with E-state index in [1.54, 1.807) is 6.07 Å². The van der Waals surface area contributed by atoms with Gasteiger partial charge in [-0.05, 0) is 18.1 Å². The zero-order valence-corrected chi connectivity index (χ0v) is 8.34. The Bertz CT molecular complexity index is 361. The highest BCUT2D eigenvalue weighted by Crippen LogP contribution is 2.28.